The highest BCUT2D eigenvalue weighted by atomic mass is 32.2. The van der Waals surface area contributed by atoms with E-state index in [4.69, 9.17) is 9.15 Å². The number of aliphatic imine (C=N–C) groups is 2. The van der Waals surface area contributed by atoms with E-state index in [1.165, 1.54) is 24.9 Å². The fourth-order valence-corrected chi connectivity index (χ4v) is 3.74. The van der Waals surface area contributed by atoms with Crippen LogP contribution in [0.5, 0.6) is 5.75 Å². The average molecular weight is 433 g/mol. The first-order valence-corrected chi connectivity index (χ1v) is 9.69. The zero-order chi connectivity index (χ0) is 21.8. The zero-order valence-electron chi connectivity index (χ0n) is 16.4. The van der Waals surface area contributed by atoms with E-state index in [-0.39, 0.29) is 11.5 Å². The first kappa shape index (κ1) is 23.0. The summed E-state index contributed by atoms with van der Waals surface area (Å²) in [7, 11) is 2.92. The maximum absolute atomic E-state index is 12.9. The molecule has 1 amide bonds. The smallest absolute Gasteiger partial charge is 0.389 e. The number of methoxy groups -OCH3 is 1. The number of rotatable bonds is 7. The van der Waals surface area contributed by atoms with Gasteiger partial charge in [-0.25, -0.2) is 4.79 Å². The van der Waals surface area contributed by atoms with Crippen LogP contribution >= 0.6 is 11.8 Å². The average Bonchev–Trinajstić information content (AvgIpc) is 3.06. The van der Waals surface area contributed by atoms with Crippen molar-refractivity contribution in [1.29, 1.82) is 0 Å². The molecule has 0 unspecified atom stereocenters. The molecule has 2 heterocycles. The van der Waals surface area contributed by atoms with Crippen molar-refractivity contribution >= 4 is 28.4 Å². The Kier molecular flexibility index (Phi) is 7.15. The minimum absolute atomic E-state index is 0.114. The van der Waals surface area contributed by atoms with E-state index in [2.05, 4.69) is 15.3 Å². The molecular weight excluding hydrogens is 411 g/mol. The summed E-state index contributed by atoms with van der Waals surface area (Å²) >= 11 is 1.34. The zero-order valence-corrected chi connectivity index (χ0v) is 17.2. The van der Waals surface area contributed by atoms with Gasteiger partial charge in [0.15, 0.2) is 0 Å². The minimum Gasteiger partial charge on any atom is -0.496 e. The Morgan fingerprint density at radius 1 is 1.48 bits per heavy atom. The molecule has 160 valence electrons. The van der Waals surface area contributed by atoms with Gasteiger partial charge in [-0.05, 0) is 20.3 Å². The van der Waals surface area contributed by atoms with E-state index in [0.29, 0.717) is 16.5 Å². The molecule has 1 N–H and O–H groups in total. The van der Waals surface area contributed by atoms with Crippen molar-refractivity contribution in [3.63, 3.8) is 0 Å². The molecule has 0 fully saturated rings. The molecule has 0 bridgehead atoms. The molecule has 7 nitrogen and oxygen atoms in total. The lowest BCUT2D eigenvalue weighted by Gasteiger charge is -2.24. The molecular formula is C18H22F3N3O4S. The van der Waals surface area contributed by atoms with Crippen LogP contribution in [-0.4, -0.2) is 48.3 Å². The number of nitrogens with zero attached hydrogens (tertiary/aromatic N) is 2. The summed E-state index contributed by atoms with van der Waals surface area (Å²) in [4.78, 5) is 33.0. The van der Waals surface area contributed by atoms with E-state index >= 15 is 0 Å². The van der Waals surface area contributed by atoms with Gasteiger partial charge in [0.2, 0.25) is 5.91 Å². The number of ether oxygens (including phenoxy) is 1. The van der Waals surface area contributed by atoms with Crippen LogP contribution in [-0.2, 0) is 4.79 Å². The van der Waals surface area contributed by atoms with Crippen LogP contribution in [0.4, 0.5) is 13.2 Å². The second-order valence-corrected chi connectivity index (χ2v) is 7.65. The topological polar surface area (TPSA) is 93.3 Å². The van der Waals surface area contributed by atoms with Gasteiger partial charge in [-0.3, -0.25) is 14.8 Å². The van der Waals surface area contributed by atoms with Crippen LogP contribution in [0.15, 0.2) is 31.3 Å². The largest absolute Gasteiger partial charge is 0.496 e. The molecule has 29 heavy (non-hydrogen) atoms. The molecule has 2 atom stereocenters. The number of hydrogen-bond donors (Lipinski definition) is 1. The number of halogens is 3. The van der Waals surface area contributed by atoms with Gasteiger partial charge < -0.3 is 14.5 Å². The summed E-state index contributed by atoms with van der Waals surface area (Å²) in [6, 6.07) is 1.18. The first-order valence-electron chi connectivity index (χ1n) is 8.70. The Bertz CT molecular complexity index is 882. The van der Waals surface area contributed by atoms with Gasteiger partial charge >= 0.3 is 11.8 Å². The van der Waals surface area contributed by atoms with Crippen molar-refractivity contribution in [2.75, 3.05) is 19.9 Å². The molecule has 0 aromatic carbocycles. The molecule has 1 aliphatic heterocycles. The lowest BCUT2D eigenvalue weighted by molar-refractivity contribution is -0.139. The molecule has 0 spiro atoms. The maximum atomic E-state index is 12.9. The summed E-state index contributed by atoms with van der Waals surface area (Å²) in [5, 5.41) is 3.16. The van der Waals surface area contributed by atoms with Gasteiger partial charge in [0.25, 0.3) is 0 Å². The molecule has 2 rings (SSSR count). The van der Waals surface area contributed by atoms with Crippen molar-refractivity contribution in [3.05, 3.63) is 28.3 Å². The van der Waals surface area contributed by atoms with Crippen LogP contribution < -0.4 is 15.7 Å². The van der Waals surface area contributed by atoms with Crippen LogP contribution in [0, 0.1) is 0 Å². The van der Waals surface area contributed by atoms with Gasteiger partial charge in [-0.15, -0.1) is 11.8 Å². The third-order valence-corrected chi connectivity index (χ3v) is 5.70. The van der Waals surface area contributed by atoms with Crippen molar-refractivity contribution in [2.45, 2.75) is 44.4 Å². The maximum Gasteiger partial charge on any atom is 0.389 e. The normalized spacial score (nSPS) is 20.9. The molecule has 1 aromatic heterocycles. The molecule has 0 saturated heterocycles. The van der Waals surface area contributed by atoms with E-state index in [1.54, 1.807) is 20.9 Å². The van der Waals surface area contributed by atoms with Crippen LogP contribution in [0.1, 0.15) is 38.5 Å². The van der Waals surface area contributed by atoms with E-state index in [9.17, 15) is 22.8 Å². The van der Waals surface area contributed by atoms with E-state index in [1.807, 2.05) is 0 Å². The standard InChI is InChI=1S/C18H22F3N3O4S/c1-10(22-3)15-24-17(2,9-29-15)16(26)23-12(5-6-18(19,20)21)13-7-11(27-4)8-14(25)28-13/h7-8,12H,5-6,9H2,1-4H3,(H,23,26)/t12-,17+/m1/s1. The van der Waals surface area contributed by atoms with Gasteiger partial charge in [0.05, 0.1) is 24.9 Å². The number of alkyl halides is 3. The van der Waals surface area contributed by atoms with Crippen molar-refractivity contribution in [3.8, 4) is 5.75 Å². The highest BCUT2D eigenvalue weighted by molar-refractivity contribution is 8.16. The molecule has 0 aliphatic carbocycles. The third-order valence-electron chi connectivity index (χ3n) is 4.34. The van der Waals surface area contributed by atoms with Crippen molar-refractivity contribution in [1.82, 2.24) is 5.32 Å². The lowest BCUT2D eigenvalue weighted by Crippen LogP contribution is -2.45. The highest BCUT2D eigenvalue weighted by Crippen LogP contribution is 2.32. The number of amides is 1. The number of carbonyl (C=O) groups excluding carboxylic acids is 1. The quantitative estimate of drug-likeness (QED) is 0.667. The molecule has 0 radical (unpaired) electrons. The Balaban J connectivity index is 2.30. The molecule has 1 aliphatic rings. The number of nitrogens with one attached hydrogen (secondary N) is 1. The highest BCUT2D eigenvalue weighted by Gasteiger charge is 2.40. The van der Waals surface area contributed by atoms with Crippen LogP contribution in [0.3, 0.4) is 0 Å². The Morgan fingerprint density at radius 3 is 2.76 bits per heavy atom. The minimum atomic E-state index is -4.44. The van der Waals surface area contributed by atoms with Crippen molar-refractivity contribution < 1.29 is 27.1 Å². The number of carbonyl (C=O) groups is 1. The van der Waals surface area contributed by atoms with Gasteiger partial charge in [-0.2, -0.15) is 13.2 Å². The predicted octanol–water partition coefficient (Wildman–Crippen LogP) is 3.14. The van der Waals surface area contributed by atoms with E-state index < -0.39 is 42.1 Å². The predicted molar refractivity (Wildman–Crippen MR) is 105 cm³/mol. The first-order chi connectivity index (χ1) is 13.5. The Morgan fingerprint density at radius 2 is 2.17 bits per heavy atom. The summed E-state index contributed by atoms with van der Waals surface area (Å²) in [5.74, 6) is -0.242. The Labute approximate surface area is 169 Å². The molecule has 1 aromatic rings. The monoisotopic (exact) mass is 433 g/mol. The fraction of sp³-hybridized carbons (Fsp3) is 0.556. The van der Waals surface area contributed by atoms with Gasteiger partial charge in [0.1, 0.15) is 22.1 Å². The number of thioether (sulfide) groups is 1. The summed E-state index contributed by atoms with van der Waals surface area (Å²) in [5.41, 5.74) is -1.30. The summed E-state index contributed by atoms with van der Waals surface area (Å²) in [6.07, 6.45) is -6.10. The summed E-state index contributed by atoms with van der Waals surface area (Å²) < 4.78 is 48.4. The van der Waals surface area contributed by atoms with E-state index in [0.717, 1.165) is 6.07 Å². The Hall–Kier alpha value is -2.30. The second-order valence-electron chi connectivity index (χ2n) is 6.69. The third kappa shape index (κ3) is 6.09. The van der Waals surface area contributed by atoms with Crippen LogP contribution in [0.2, 0.25) is 0 Å². The lowest BCUT2D eigenvalue weighted by atomic mass is 10.0. The van der Waals surface area contributed by atoms with Gasteiger partial charge in [0, 0.05) is 25.3 Å². The SMILES string of the molecule is CN=C(C)C1=N[C@](C)(C(=O)N[C@H](CCC(F)(F)F)c2cc(OC)cc(=O)o2)CS1. The second kappa shape index (κ2) is 9.02. The van der Waals surface area contributed by atoms with Gasteiger partial charge in [-0.1, -0.05) is 0 Å². The van der Waals surface area contributed by atoms with Crippen LogP contribution in [0.25, 0.3) is 0 Å². The summed E-state index contributed by atoms with van der Waals surface area (Å²) in [6.45, 7) is 3.35. The number of hydrogen-bond acceptors (Lipinski definition) is 7. The fourth-order valence-electron chi connectivity index (χ4n) is 2.56. The van der Waals surface area contributed by atoms with Crippen molar-refractivity contribution in [2.24, 2.45) is 9.98 Å². The molecule has 0 saturated carbocycles. The molecule has 11 heteroatoms.